The zero-order valence-corrected chi connectivity index (χ0v) is 18.6. The van der Waals surface area contributed by atoms with E-state index in [0.29, 0.717) is 23.0 Å². The summed E-state index contributed by atoms with van der Waals surface area (Å²) >= 11 is 0. The first-order valence-electron chi connectivity index (χ1n) is 12.2. The van der Waals surface area contributed by atoms with Gasteiger partial charge in [-0.25, -0.2) is 0 Å². The molecule has 0 saturated heterocycles. The minimum Gasteiger partial charge on any atom is -0.393 e. The van der Waals surface area contributed by atoms with Crippen molar-refractivity contribution in [2.24, 2.45) is 40.4 Å². The molecule has 8 atom stereocenters. The third-order valence-corrected chi connectivity index (χ3v) is 10.1. The van der Waals surface area contributed by atoms with Gasteiger partial charge in [-0.05, 0) is 116 Å². The summed E-state index contributed by atoms with van der Waals surface area (Å²) in [6.07, 6.45) is 17.8. The van der Waals surface area contributed by atoms with Gasteiger partial charge in [0.1, 0.15) is 0 Å². The molecule has 0 aromatic carbocycles. The van der Waals surface area contributed by atoms with Crippen molar-refractivity contribution in [3.63, 3.8) is 0 Å². The smallest absolute Gasteiger partial charge is 0.159 e. The van der Waals surface area contributed by atoms with Gasteiger partial charge in [0, 0.05) is 18.3 Å². The van der Waals surface area contributed by atoms with Crippen molar-refractivity contribution in [1.29, 1.82) is 0 Å². The number of carbonyl (C=O) groups is 1. The van der Waals surface area contributed by atoms with Crippen molar-refractivity contribution in [2.45, 2.75) is 77.7 Å². The normalized spacial score (nSPS) is 45.6. The van der Waals surface area contributed by atoms with Crippen molar-refractivity contribution in [2.75, 3.05) is 0 Å². The number of aromatic nitrogens is 1. The number of rotatable bonds is 3. The molecule has 1 heterocycles. The molecule has 3 nitrogen and oxygen atoms in total. The predicted octanol–water partition coefficient (Wildman–Crippen LogP) is 5.68. The number of carbonyl (C=O) groups excluding carboxylic acids is 1. The van der Waals surface area contributed by atoms with Crippen LogP contribution in [0, 0.1) is 40.4 Å². The average Bonchev–Trinajstić information content (AvgIpc) is 3.10. The first-order valence-corrected chi connectivity index (χ1v) is 12.2. The van der Waals surface area contributed by atoms with E-state index in [9.17, 15) is 9.90 Å². The van der Waals surface area contributed by atoms with E-state index in [2.05, 4.69) is 18.8 Å². The summed E-state index contributed by atoms with van der Waals surface area (Å²) in [5.41, 5.74) is 1.57. The highest BCUT2D eigenvalue weighted by molar-refractivity contribution is 5.96. The summed E-state index contributed by atoms with van der Waals surface area (Å²) in [6, 6.07) is 3.92. The molecule has 0 radical (unpaired) electrons. The third-order valence-electron chi connectivity index (χ3n) is 10.1. The standard InChI is InChI=1S/C27H37NO2/c1-26-13-11-20(29)16-19(26)6-7-21-22-8-9-24(27(22,2)14-12-23(21)26)25(30)10-5-18-4-3-15-28-17-18/h3-5,10,15,17,19-24,29H,6-9,11-14,16H2,1-2H3/b10-5+/t19-,20-,21-,22-,23-,24+,26-,27-/m0/s1. The minimum atomic E-state index is -0.0754. The molecule has 3 heteroatoms. The third kappa shape index (κ3) is 3.20. The Kier molecular flexibility index (Phi) is 5.16. The van der Waals surface area contributed by atoms with Crippen molar-refractivity contribution >= 4 is 11.9 Å². The van der Waals surface area contributed by atoms with Gasteiger partial charge in [0.2, 0.25) is 0 Å². The lowest BCUT2D eigenvalue weighted by Gasteiger charge is -2.60. The van der Waals surface area contributed by atoms with Crippen molar-refractivity contribution in [3.05, 3.63) is 36.2 Å². The number of allylic oxidation sites excluding steroid dienone is 1. The van der Waals surface area contributed by atoms with Gasteiger partial charge in [-0.3, -0.25) is 9.78 Å². The molecule has 4 fully saturated rings. The SMILES string of the molecule is C[C@]12CC[C@H](O)C[C@@H]1CC[C@@H]1[C@@H]2CC[C@]2(C)[C@@H](C(=O)/C=C/c3cccnc3)CC[C@@H]12. The number of hydrogen-bond acceptors (Lipinski definition) is 3. The first-order chi connectivity index (χ1) is 14.4. The molecule has 0 aliphatic heterocycles. The maximum absolute atomic E-state index is 13.2. The van der Waals surface area contributed by atoms with Crippen LogP contribution in [0.25, 0.3) is 6.08 Å². The Balaban J connectivity index is 1.34. The molecule has 0 amide bonds. The van der Waals surface area contributed by atoms with Crippen molar-refractivity contribution in [3.8, 4) is 0 Å². The Morgan fingerprint density at radius 1 is 1.07 bits per heavy atom. The highest BCUT2D eigenvalue weighted by atomic mass is 16.3. The molecule has 4 saturated carbocycles. The highest BCUT2D eigenvalue weighted by Gasteiger charge is 2.60. The summed E-state index contributed by atoms with van der Waals surface area (Å²) in [4.78, 5) is 17.4. The van der Waals surface area contributed by atoms with Crippen LogP contribution in [-0.4, -0.2) is 22.0 Å². The minimum absolute atomic E-state index is 0.0754. The molecule has 30 heavy (non-hydrogen) atoms. The molecule has 0 unspecified atom stereocenters. The van der Waals surface area contributed by atoms with Crippen LogP contribution in [0.2, 0.25) is 0 Å². The predicted molar refractivity (Wildman–Crippen MR) is 120 cm³/mol. The monoisotopic (exact) mass is 407 g/mol. The number of pyridine rings is 1. The fraction of sp³-hybridized carbons (Fsp3) is 0.704. The summed E-state index contributed by atoms with van der Waals surface area (Å²) < 4.78 is 0. The quantitative estimate of drug-likeness (QED) is 0.656. The lowest BCUT2D eigenvalue weighted by Crippen LogP contribution is -2.54. The van der Waals surface area contributed by atoms with Crippen LogP contribution in [0.1, 0.15) is 77.2 Å². The van der Waals surface area contributed by atoms with Gasteiger partial charge in [0.05, 0.1) is 6.10 Å². The maximum Gasteiger partial charge on any atom is 0.159 e. The largest absolute Gasteiger partial charge is 0.393 e. The van der Waals surface area contributed by atoms with Gasteiger partial charge >= 0.3 is 0 Å². The summed E-state index contributed by atoms with van der Waals surface area (Å²) in [7, 11) is 0. The van der Waals surface area contributed by atoms with Crippen LogP contribution in [0.4, 0.5) is 0 Å². The second kappa shape index (κ2) is 7.58. The molecule has 1 aromatic rings. The fourth-order valence-electron chi connectivity index (χ4n) is 8.47. The van der Waals surface area contributed by atoms with Gasteiger partial charge in [0.25, 0.3) is 0 Å². The van der Waals surface area contributed by atoms with E-state index >= 15 is 0 Å². The Bertz CT molecular complexity index is 819. The molecule has 0 bridgehead atoms. The number of aliphatic hydroxyl groups is 1. The molecular weight excluding hydrogens is 370 g/mol. The first kappa shape index (κ1) is 20.4. The van der Waals surface area contributed by atoms with E-state index in [1.165, 1.54) is 38.5 Å². The molecule has 162 valence electrons. The number of hydrogen-bond donors (Lipinski definition) is 1. The topological polar surface area (TPSA) is 50.2 Å². The lowest BCUT2D eigenvalue weighted by molar-refractivity contribution is -0.136. The van der Waals surface area contributed by atoms with E-state index in [1.807, 2.05) is 30.5 Å². The van der Waals surface area contributed by atoms with Crippen LogP contribution in [0.5, 0.6) is 0 Å². The second-order valence-electron chi connectivity index (χ2n) is 11.3. The molecule has 4 aliphatic rings. The average molecular weight is 408 g/mol. The summed E-state index contributed by atoms with van der Waals surface area (Å²) in [5.74, 6) is 3.47. The Morgan fingerprint density at radius 3 is 2.67 bits per heavy atom. The molecular formula is C27H37NO2. The molecule has 0 spiro atoms. The zero-order valence-electron chi connectivity index (χ0n) is 18.6. The van der Waals surface area contributed by atoms with Gasteiger partial charge in [-0.15, -0.1) is 0 Å². The lowest BCUT2D eigenvalue weighted by atomic mass is 9.44. The Labute approximate surface area is 181 Å². The molecule has 4 aliphatic carbocycles. The van der Waals surface area contributed by atoms with E-state index in [0.717, 1.165) is 36.7 Å². The number of nitrogens with zero attached hydrogens (tertiary/aromatic N) is 1. The summed E-state index contributed by atoms with van der Waals surface area (Å²) in [6.45, 7) is 4.97. The van der Waals surface area contributed by atoms with Crippen LogP contribution in [0.3, 0.4) is 0 Å². The molecule has 1 aromatic heterocycles. The van der Waals surface area contributed by atoms with Crippen LogP contribution in [-0.2, 0) is 4.79 Å². The van der Waals surface area contributed by atoms with Crippen molar-refractivity contribution < 1.29 is 9.90 Å². The van der Waals surface area contributed by atoms with Crippen LogP contribution in [0.15, 0.2) is 30.6 Å². The zero-order chi connectivity index (χ0) is 20.9. The van der Waals surface area contributed by atoms with Crippen LogP contribution >= 0.6 is 0 Å². The van der Waals surface area contributed by atoms with Gasteiger partial charge in [-0.2, -0.15) is 0 Å². The van der Waals surface area contributed by atoms with Crippen LogP contribution < -0.4 is 0 Å². The maximum atomic E-state index is 13.2. The number of fused-ring (bicyclic) bond motifs is 5. The van der Waals surface area contributed by atoms with E-state index in [1.54, 1.807) is 6.20 Å². The van der Waals surface area contributed by atoms with E-state index in [4.69, 9.17) is 0 Å². The second-order valence-corrected chi connectivity index (χ2v) is 11.3. The molecule has 5 rings (SSSR count). The van der Waals surface area contributed by atoms with E-state index < -0.39 is 0 Å². The Hall–Kier alpha value is -1.48. The van der Waals surface area contributed by atoms with Gasteiger partial charge < -0.3 is 5.11 Å². The molecule has 1 N–H and O–H groups in total. The number of aliphatic hydroxyl groups excluding tert-OH is 1. The van der Waals surface area contributed by atoms with E-state index in [-0.39, 0.29) is 17.4 Å². The fourth-order valence-corrected chi connectivity index (χ4v) is 8.47. The Morgan fingerprint density at radius 2 is 1.87 bits per heavy atom. The van der Waals surface area contributed by atoms with Gasteiger partial charge in [-0.1, -0.05) is 19.9 Å². The summed E-state index contributed by atoms with van der Waals surface area (Å²) in [5, 5.41) is 10.2. The van der Waals surface area contributed by atoms with Crippen molar-refractivity contribution in [1.82, 2.24) is 4.98 Å². The number of ketones is 1. The highest BCUT2D eigenvalue weighted by Crippen LogP contribution is 2.67. The van der Waals surface area contributed by atoms with Gasteiger partial charge in [0.15, 0.2) is 5.78 Å².